The molecule has 0 aromatic heterocycles. The number of ketones is 1. The van der Waals surface area contributed by atoms with Crippen molar-refractivity contribution in [2.75, 3.05) is 7.11 Å². The van der Waals surface area contributed by atoms with Gasteiger partial charge in [0.1, 0.15) is 5.78 Å². The lowest BCUT2D eigenvalue weighted by Gasteiger charge is -2.40. The van der Waals surface area contributed by atoms with E-state index in [-0.39, 0.29) is 45.9 Å². The molecular formula is C40H64O5Si2. The number of unbranched alkanes of at least 4 members (excludes halogenated alkanes) is 2. The molecule has 1 unspecified atom stereocenters. The van der Waals surface area contributed by atoms with E-state index in [0.717, 1.165) is 24.0 Å². The van der Waals surface area contributed by atoms with Crippen LogP contribution >= 0.6 is 0 Å². The number of benzene rings is 2. The first-order valence-electron chi connectivity index (χ1n) is 17.9. The third-order valence-corrected chi connectivity index (χ3v) is 20.2. The van der Waals surface area contributed by atoms with Gasteiger partial charge in [-0.2, -0.15) is 0 Å². The average molecular weight is 681 g/mol. The van der Waals surface area contributed by atoms with E-state index in [2.05, 4.69) is 111 Å². The Balaban J connectivity index is 1.97. The van der Waals surface area contributed by atoms with Crippen molar-refractivity contribution in [3.63, 3.8) is 0 Å². The molecule has 0 spiro atoms. The van der Waals surface area contributed by atoms with Crippen molar-refractivity contribution in [2.24, 2.45) is 5.92 Å². The molecule has 1 aliphatic carbocycles. The van der Waals surface area contributed by atoms with Crippen LogP contribution in [0.4, 0.5) is 0 Å². The van der Waals surface area contributed by atoms with Crippen LogP contribution in [0.25, 0.3) is 0 Å². The molecule has 4 atom stereocenters. The highest BCUT2D eigenvalue weighted by Crippen LogP contribution is 2.47. The number of Topliss-reactive ketones (excluding diaryl/α,β-unsaturated/α-hetero) is 1. The Morgan fingerprint density at radius 3 is 2.09 bits per heavy atom. The summed E-state index contributed by atoms with van der Waals surface area (Å²) in [5, 5.41) is 0.182. The zero-order chi connectivity index (χ0) is 35.2. The minimum Gasteiger partial charge on any atom is -0.469 e. The van der Waals surface area contributed by atoms with E-state index in [4.69, 9.17) is 13.6 Å². The van der Waals surface area contributed by atoms with Gasteiger partial charge in [-0.15, -0.1) is 0 Å². The van der Waals surface area contributed by atoms with Gasteiger partial charge in [0.2, 0.25) is 0 Å². The molecule has 2 aromatic rings. The Morgan fingerprint density at radius 1 is 0.894 bits per heavy atom. The van der Waals surface area contributed by atoms with Crippen molar-refractivity contribution in [3.05, 3.63) is 70.8 Å². The summed E-state index contributed by atoms with van der Waals surface area (Å²) in [4.78, 5) is 25.7. The standard InChI is InChI=1S/C40H64O5Si2/c1-13-14-15-19-35(44-46(9,10)39(2,3)4)31-21-23-32(24-22-31)38-33(34(41)28-36(38)45-47(11,12)40(5,6)7)27-30-18-16-17-29(26-30)20-25-37(42)43-8/h16-18,21-24,26,33,35-36,38H,13-15,19-20,25,27-28H2,1-12H3/t33-,35?,36+,38+/m0/s1. The number of methoxy groups -OCH3 is 1. The molecule has 1 saturated carbocycles. The van der Waals surface area contributed by atoms with Crippen LogP contribution in [0.3, 0.4) is 0 Å². The summed E-state index contributed by atoms with van der Waals surface area (Å²) in [6.07, 6.45) is 6.56. The molecule has 3 rings (SSSR count). The molecule has 5 nitrogen and oxygen atoms in total. The van der Waals surface area contributed by atoms with Crippen LogP contribution in [-0.4, -0.2) is 41.6 Å². The highest BCUT2D eigenvalue weighted by Gasteiger charge is 2.48. The van der Waals surface area contributed by atoms with Gasteiger partial charge < -0.3 is 13.6 Å². The van der Waals surface area contributed by atoms with Gasteiger partial charge >= 0.3 is 5.97 Å². The molecule has 0 N–H and O–H groups in total. The number of carbonyl (C=O) groups excluding carboxylic acids is 2. The molecule has 0 bridgehead atoms. The van der Waals surface area contributed by atoms with E-state index in [9.17, 15) is 9.59 Å². The molecule has 47 heavy (non-hydrogen) atoms. The first kappa shape index (κ1) is 39.4. The third-order valence-electron chi connectivity index (χ3n) is 11.2. The summed E-state index contributed by atoms with van der Waals surface area (Å²) in [6, 6.07) is 17.4. The fraction of sp³-hybridized carbons (Fsp3) is 0.650. The quantitative estimate of drug-likeness (QED) is 0.106. The van der Waals surface area contributed by atoms with Crippen LogP contribution in [0, 0.1) is 5.92 Å². The summed E-state index contributed by atoms with van der Waals surface area (Å²) in [5.41, 5.74) is 4.62. The second-order valence-corrected chi connectivity index (χ2v) is 26.4. The number of aryl methyl sites for hydroxylation is 1. The van der Waals surface area contributed by atoms with Gasteiger partial charge in [0, 0.05) is 24.7 Å². The lowest BCUT2D eigenvalue weighted by atomic mass is 9.82. The van der Waals surface area contributed by atoms with E-state index in [1.807, 2.05) is 12.1 Å². The summed E-state index contributed by atoms with van der Waals surface area (Å²) in [7, 11) is -2.68. The summed E-state index contributed by atoms with van der Waals surface area (Å²) in [5.74, 6) is -0.126. The minimum absolute atomic E-state index is 0.0238. The third kappa shape index (κ3) is 10.5. The fourth-order valence-corrected chi connectivity index (χ4v) is 8.81. The maximum atomic E-state index is 13.9. The lowest BCUT2D eigenvalue weighted by Crippen LogP contribution is -2.44. The molecular weight excluding hydrogens is 617 g/mol. The normalized spacial score (nSPS) is 20.0. The molecule has 262 valence electrons. The van der Waals surface area contributed by atoms with Crippen molar-refractivity contribution >= 4 is 28.4 Å². The first-order chi connectivity index (χ1) is 21.8. The fourth-order valence-electron chi connectivity index (χ4n) is 6.15. The predicted octanol–water partition coefficient (Wildman–Crippen LogP) is 10.7. The maximum Gasteiger partial charge on any atom is 0.305 e. The second kappa shape index (κ2) is 16.1. The molecule has 7 heteroatoms. The highest BCUT2D eigenvalue weighted by atomic mass is 28.4. The Hall–Kier alpha value is -2.07. The van der Waals surface area contributed by atoms with Crippen molar-refractivity contribution in [1.29, 1.82) is 0 Å². The SMILES string of the molecule is CCCCCC(O[Si](C)(C)C(C)(C)C)c1ccc([C@H]2[C@H](O[Si](C)(C)C(C)(C)C)CC(=O)[C@@H]2Cc2cccc(CCC(=O)OC)c2)cc1. The molecule has 0 radical (unpaired) electrons. The maximum absolute atomic E-state index is 13.9. The molecule has 0 aliphatic heterocycles. The predicted molar refractivity (Wildman–Crippen MR) is 200 cm³/mol. The van der Waals surface area contributed by atoms with Gasteiger partial charge in [0.15, 0.2) is 16.6 Å². The topological polar surface area (TPSA) is 61.8 Å². The smallest absolute Gasteiger partial charge is 0.305 e. The second-order valence-electron chi connectivity index (χ2n) is 16.8. The lowest BCUT2D eigenvalue weighted by molar-refractivity contribution is -0.140. The summed E-state index contributed by atoms with van der Waals surface area (Å²) < 4.78 is 18.9. The van der Waals surface area contributed by atoms with Crippen molar-refractivity contribution < 1.29 is 23.2 Å². The van der Waals surface area contributed by atoms with Gasteiger partial charge in [-0.25, -0.2) is 0 Å². The summed E-state index contributed by atoms with van der Waals surface area (Å²) in [6.45, 7) is 25.2. The van der Waals surface area contributed by atoms with Gasteiger partial charge in [-0.1, -0.05) is 116 Å². The Kier molecular flexibility index (Phi) is 13.5. The zero-order valence-electron chi connectivity index (χ0n) is 31.6. The van der Waals surface area contributed by atoms with Crippen LogP contribution in [0.5, 0.6) is 0 Å². The van der Waals surface area contributed by atoms with E-state index in [0.29, 0.717) is 25.7 Å². The number of hydrogen-bond acceptors (Lipinski definition) is 5. The van der Waals surface area contributed by atoms with E-state index >= 15 is 0 Å². The highest BCUT2D eigenvalue weighted by molar-refractivity contribution is 6.74. The van der Waals surface area contributed by atoms with Gasteiger partial charge in [0.05, 0.1) is 19.3 Å². The van der Waals surface area contributed by atoms with Crippen LogP contribution in [0.2, 0.25) is 36.3 Å². The van der Waals surface area contributed by atoms with E-state index in [1.165, 1.54) is 31.1 Å². The molecule has 0 saturated heterocycles. The minimum atomic E-state index is -2.13. The monoisotopic (exact) mass is 680 g/mol. The average Bonchev–Trinajstić information content (AvgIpc) is 3.27. The molecule has 1 aliphatic rings. The Bertz CT molecular complexity index is 1320. The Morgan fingerprint density at radius 2 is 1.51 bits per heavy atom. The number of ether oxygens (including phenoxy) is 1. The van der Waals surface area contributed by atoms with Crippen LogP contribution in [-0.2, 0) is 36.0 Å². The van der Waals surface area contributed by atoms with Gasteiger partial charge in [0.25, 0.3) is 0 Å². The van der Waals surface area contributed by atoms with Crippen molar-refractivity contribution in [1.82, 2.24) is 0 Å². The first-order valence-corrected chi connectivity index (χ1v) is 23.7. The van der Waals surface area contributed by atoms with Gasteiger partial charge in [-0.05, 0) is 77.8 Å². The molecule has 0 amide bonds. The molecule has 1 fully saturated rings. The summed E-state index contributed by atoms with van der Waals surface area (Å²) >= 11 is 0. The number of hydrogen-bond donors (Lipinski definition) is 0. The van der Waals surface area contributed by atoms with Crippen LogP contribution < -0.4 is 0 Å². The van der Waals surface area contributed by atoms with Crippen LogP contribution in [0.15, 0.2) is 48.5 Å². The van der Waals surface area contributed by atoms with E-state index < -0.39 is 16.6 Å². The largest absolute Gasteiger partial charge is 0.469 e. The number of rotatable bonds is 15. The van der Waals surface area contributed by atoms with E-state index in [1.54, 1.807) is 0 Å². The number of carbonyl (C=O) groups is 2. The van der Waals surface area contributed by atoms with Crippen molar-refractivity contribution in [3.8, 4) is 0 Å². The zero-order valence-corrected chi connectivity index (χ0v) is 33.6. The van der Waals surface area contributed by atoms with Crippen LogP contribution in [0.1, 0.15) is 121 Å². The van der Waals surface area contributed by atoms with Gasteiger partial charge in [-0.3, -0.25) is 9.59 Å². The molecule has 0 heterocycles. The molecule has 2 aromatic carbocycles. The van der Waals surface area contributed by atoms with Crippen molar-refractivity contribution in [2.45, 2.75) is 154 Å². The Labute approximate surface area is 288 Å². The number of esters is 1.